The highest BCUT2D eigenvalue weighted by molar-refractivity contribution is 6.32. The average molecular weight is 726 g/mol. The van der Waals surface area contributed by atoms with Crippen molar-refractivity contribution in [3.05, 3.63) is 99.8 Å². The van der Waals surface area contributed by atoms with E-state index in [9.17, 15) is 20.3 Å². The van der Waals surface area contributed by atoms with Gasteiger partial charge in [-0.3, -0.25) is 14.7 Å². The van der Waals surface area contributed by atoms with Crippen LogP contribution in [0.3, 0.4) is 0 Å². The topological polar surface area (TPSA) is 141 Å². The summed E-state index contributed by atoms with van der Waals surface area (Å²) in [5, 5.41) is 29.3. The van der Waals surface area contributed by atoms with Crippen molar-refractivity contribution in [2.45, 2.75) is 70.9 Å². The third-order valence-electron chi connectivity index (χ3n) is 9.65. The molecule has 272 valence electrons. The molecule has 0 radical (unpaired) electrons. The van der Waals surface area contributed by atoms with Crippen molar-refractivity contribution >= 4 is 17.6 Å². The molecule has 2 saturated heterocycles. The Kier molecular flexibility index (Phi) is 12.6. The number of benzene rings is 2. The van der Waals surface area contributed by atoms with Gasteiger partial charge < -0.3 is 29.3 Å². The van der Waals surface area contributed by atoms with E-state index in [2.05, 4.69) is 16.0 Å². The van der Waals surface area contributed by atoms with Crippen LogP contribution < -0.4 is 14.2 Å². The van der Waals surface area contributed by atoms with Crippen LogP contribution in [0.15, 0.2) is 67.0 Å². The fourth-order valence-corrected chi connectivity index (χ4v) is 7.05. The third kappa shape index (κ3) is 9.57. The molecular formula is C40H44ClN5O6. The molecule has 0 bridgehead atoms. The Balaban J connectivity index is 1.16. The normalized spacial score (nSPS) is 17.8. The molecule has 0 saturated carbocycles. The summed E-state index contributed by atoms with van der Waals surface area (Å²) in [7, 11) is 0. The van der Waals surface area contributed by atoms with Gasteiger partial charge in [-0.05, 0) is 68.5 Å². The standard InChI is InChI=1S/C40H44ClN5O6/c1-27-30(7-4-8-33(27)35-9-5-11-39(44-35)50-16-6-13-45-15-12-32(47)24-45)26-52-38-19-37(51-25-29-17-28(20-42)21-43-22-29)31(18-34(38)41)23-46-14-3-2-10-36(46)40(48)49/h4-5,7-9,11,17-19,21-22,32,36,47H,2-3,6,10,12-16,23-26H2,1H3,(H,48,49)/t32-,36+/m1/s1. The molecule has 2 aromatic carbocycles. The number of pyridine rings is 2. The van der Waals surface area contributed by atoms with Gasteiger partial charge in [0.05, 0.1) is 29.0 Å². The Hall–Kier alpha value is -4.73. The van der Waals surface area contributed by atoms with E-state index in [1.54, 1.807) is 24.4 Å². The van der Waals surface area contributed by atoms with E-state index in [1.165, 1.54) is 6.20 Å². The predicted molar refractivity (Wildman–Crippen MR) is 196 cm³/mol. The van der Waals surface area contributed by atoms with Crippen LogP contribution in [0, 0.1) is 18.3 Å². The minimum Gasteiger partial charge on any atom is -0.488 e. The SMILES string of the molecule is Cc1c(COc2cc(OCc3cncc(C#N)c3)c(CN3CCCC[C@H]3C(=O)O)cc2Cl)cccc1-c1cccc(OCCCN2CC[C@@H](O)C2)n1. The minimum atomic E-state index is -0.838. The van der Waals surface area contributed by atoms with E-state index in [-0.39, 0.29) is 19.3 Å². The zero-order valence-electron chi connectivity index (χ0n) is 29.3. The summed E-state index contributed by atoms with van der Waals surface area (Å²) in [5.74, 6) is 0.670. The van der Waals surface area contributed by atoms with Gasteiger partial charge in [0.25, 0.3) is 0 Å². The number of ether oxygens (including phenoxy) is 3. The monoisotopic (exact) mass is 725 g/mol. The first-order chi connectivity index (χ1) is 25.3. The summed E-state index contributed by atoms with van der Waals surface area (Å²) in [6.07, 6.45) is 6.97. The molecule has 2 atom stereocenters. The van der Waals surface area contributed by atoms with Crippen molar-refractivity contribution in [2.24, 2.45) is 0 Å². The Morgan fingerprint density at radius 2 is 1.85 bits per heavy atom. The van der Waals surface area contributed by atoms with Crippen LogP contribution in [0.2, 0.25) is 5.02 Å². The Labute approximate surface area is 309 Å². The number of aliphatic carboxylic acids is 1. The molecule has 0 spiro atoms. The Morgan fingerprint density at radius 1 is 1.00 bits per heavy atom. The molecule has 0 aliphatic carbocycles. The van der Waals surface area contributed by atoms with Gasteiger partial charge in [0.1, 0.15) is 36.8 Å². The molecule has 11 nitrogen and oxygen atoms in total. The summed E-state index contributed by atoms with van der Waals surface area (Å²) in [4.78, 5) is 25.2. The lowest BCUT2D eigenvalue weighted by molar-refractivity contribution is -0.144. The van der Waals surface area contributed by atoms with Crippen LogP contribution in [0.25, 0.3) is 11.3 Å². The van der Waals surface area contributed by atoms with Crippen LogP contribution in [0.1, 0.15) is 59.9 Å². The van der Waals surface area contributed by atoms with E-state index >= 15 is 0 Å². The molecule has 4 heterocycles. The molecule has 4 aromatic rings. The van der Waals surface area contributed by atoms with Crippen LogP contribution in [-0.4, -0.2) is 80.9 Å². The fourth-order valence-electron chi connectivity index (χ4n) is 6.81. The maximum absolute atomic E-state index is 12.0. The number of likely N-dealkylation sites (tertiary alicyclic amines) is 2. The van der Waals surface area contributed by atoms with E-state index < -0.39 is 12.0 Å². The van der Waals surface area contributed by atoms with Crippen molar-refractivity contribution in [3.63, 3.8) is 0 Å². The lowest BCUT2D eigenvalue weighted by atomic mass is 10.00. The van der Waals surface area contributed by atoms with Gasteiger partial charge in [-0.25, -0.2) is 4.98 Å². The molecule has 0 unspecified atom stereocenters. The van der Waals surface area contributed by atoms with E-state index in [0.717, 1.165) is 78.8 Å². The molecule has 6 rings (SSSR count). The number of carboxylic acid groups (broad SMARTS) is 1. The number of piperidine rings is 1. The summed E-state index contributed by atoms with van der Waals surface area (Å²) < 4.78 is 18.6. The van der Waals surface area contributed by atoms with Gasteiger partial charge in [-0.1, -0.05) is 42.3 Å². The number of hydrogen-bond donors (Lipinski definition) is 2. The van der Waals surface area contributed by atoms with Gasteiger partial charge >= 0.3 is 5.97 Å². The quantitative estimate of drug-likeness (QED) is 0.131. The van der Waals surface area contributed by atoms with Gasteiger partial charge in [-0.15, -0.1) is 0 Å². The second kappa shape index (κ2) is 17.7. The van der Waals surface area contributed by atoms with Crippen molar-refractivity contribution < 1.29 is 29.2 Å². The number of rotatable bonds is 15. The Morgan fingerprint density at radius 3 is 2.65 bits per heavy atom. The van der Waals surface area contributed by atoms with E-state index in [0.29, 0.717) is 54.1 Å². The third-order valence-corrected chi connectivity index (χ3v) is 9.95. The molecule has 2 N–H and O–H groups in total. The number of hydrogen-bond acceptors (Lipinski definition) is 10. The highest BCUT2D eigenvalue weighted by atomic mass is 35.5. The zero-order valence-corrected chi connectivity index (χ0v) is 30.1. The fraction of sp³-hybridized carbons (Fsp3) is 0.400. The highest BCUT2D eigenvalue weighted by Gasteiger charge is 2.29. The number of aromatic nitrogens is 2. The van der Waals surface area contributed by atoms with Gasteiger partial charge in [0.2, 0.25) is 5.88 Å². The van der Waals surface area contributed by atoms with Gasteiger partial charge in [0.15, 0.2) is 0 Å². The summed E-state index contributed by atoms with van der Waals surface area (Å²) in [5.41, 5.74) is 5.63. The maximum Gasteiger partial charge on any atom is 0.320 e. The molecule has 2 aliphatic heterocycles. The average Bonchev–Trinajstić information content (AvgIpc) is 3.58. The number of aliphatic hydroxyl groups excluding tert-OH is 1. The molecular weight excluding hydrogens is 682 g/mol. The van der Waals surface area contributed by atoms with Crippen LogP contribution >= 0.6 is 11.6 Å². The van der Waals surface area contributed by atoms with E-state index in [4.69, 9.17) is 30.8 Å². The molecule has 2 fully saturated rings. The summed E-state index contributed by atoms with van der Waals surface area (Å²) >= 11 is 6.82. The zero-order chi connectivity index (χ0) is 36.5. The number of carbonyl (C=O) groups is 1. The Bertz CT molecular complexity index is 1900. The largest absolute Gasteiger partial charge is 0.488 e. The maximum atomic E-state index is 12.0. The second-order valence-electron chi connectivity index (χ2n) is 13.4. The molecule has 52 heavy (non-hydrogen) atoms. The van der Waals surface area contributed by atoms with Crippen LogP contribution in [-0.2, 0) is 24.6 Å². The van der Waals surface area contributed by atoms with Crippen LogP contribution in [0.4, 0.5) is 0 Å². The molecule has 0 amide bonds. The number of carboxylic acids is 1. The lowest BCUT2D eigenvalue weighted by Gasteiger charge is -2.33. The van der Waals surface area contributed by atoms with Crippen molar-refractivity contribution in [3.8, 4) is 34.7 Å². The molecule has 2 aromatic heterocycles. The summed E-state index contributed by atoms with van der Waals surface area (Å²) in [6, 6.07) is 18.6. The van der Waals surface area contributed by atoms with Gasteiger partial charge in [0, 0.05) is 67.4 Å². The van der Waals surface area contributed by atoms with Crippen LogP contribution in [0.5, 0.6) is 17.4 Å². The van der Waals surface area contributed by atoms with Gasteiger partial charge in [-0.2, -0.15) is 5.26 Å². The number of nitriles is 1. The lowest BCUT2D eigenvalue weighted by Crippen LogP contribution is -2.44. The summed E-state index contributed by atoms with van der Waals surface area (Å²) in [6.45, 7) is 6.51. The van der Waals surface area contributed by atoms with Crippen molar-refractivity contribution in [1.29, 1.82) is 5.26 Å². The first-order valence-corrected chi connectivity index (χ1v) is 18.1. The molecule has 2 aliphatic rings. The molecule has 12 heteroatoms. The first kappa shape index (κ1) is 37.0. The minimum absolute atomic E-state index is 0.151. The highest BCUT2D eigenvalue weighted by Crippen LogP contribution is 2.36. The van der Waals surface area contributed by atoms with E-state index in [1.807, 2.05) is 48.2 Å². The van der Waals surface area contributed by atoms with Crippen molar-refractivity contribution in [2.75, 3.05) is 32.8 Å². The number of aliphatic hydroxyl groups is 1. The smallest absolute Gasteiger partial charge is 0.320 e. The predicted octanol–water partition coefficient (Wildman–Crippen LogP) is 6.41. The van der Waals surface area contributed by atoms with Crippen molar-refractivity contribution in [1.82, 2.24) is 19.8 Å². The number of halogens is 1. The first-order valence-electron chi connectivity index (χ1n) is 17.8. The number of nitrogens with zero attached hydrogens (tertiary/aromatic N) is 5. The second-order valence-corrected chi connectivity index (χ2v) is 13.8. The number of β-amino-alcohol motifs (C(OH)–C–C–N with tert-alkyl or cyclic N) is 1.